The lowest BCUT2D eigenvalue weighted by molar-refractivity contribution is -0.126. The Balaban J connectivity index is 1.63. The molecule has 2 aromatic rings. The molecule has 1 atom stereocenters. The number of amides is 2. The van der Waals surface area contributed by atoms with Gasteiger partial charge in [0, 0.05) is 41.6 Å². The molecule has 0 aliphatic carbocycles. The smallest absolute Gasteiger partial charge is 0.227 e. The summed E-state index contributed by atoms with van der Waals surface area (Å²) in [6.07, 6.45) is 0.254. The first-order chi connectivity index (χ1) is 11.5. The summed E-state index contributed by atoms with van der Waals surface area (Å²) in [7, 11) is 1.98. The van der Waals surface area contributed by atoms with E-state index in [0.717, 1.165) is 21.5 Å². The Morgan fingerprint density at radius 2 is 2.12 bits per heavy atom. The zero-order chi connectivity index (χ0) is 17.3. The topological polar surface area (TPSA) is 54.3 Å². The van der Waals surface area contributed by atoms with Gasteiger partial charge in [0.15, 0.2) is 0 Å². The number of nitrogens with one attached hydrogen (secondary N) is 1. The van der Waals surface area contributed by atoms with Gasteiger partial charge in [-0.05, 0) is 37.3 Å². The number of benzene rings is 1. The lowest BCUT2D eigenvalue weighted by Gasteiger charge is -2.17. The first-order valence-electron chi connectivity index (χ1n) is 7.90. The molecule has 2 amide bonds. The molecule has 2 heterocycles. The summed E-state index contributed by atoms with van der Waals surface area (Å²) >= 11 is 3.41. The zero-order valence-corrected chi connectivity index (χ0v) is 15.3. The Morgan fingerprint density at radius 1 is 1.33 bits per heavy atom. The van der Waals surface area contributed by atoms with E-state index in [1.54, 1.807) is 4.90 Å². The summed E-state index contributed by atoms with van der Waals surface area (Å²) in [6, 6.07) is 11.6. The van der Waals surface area contributed by atoms with Crippen LogP contribution in [0.4, 0.5) is 5.69 Å². The maximum atomic E-state index is 12.4. The fraction of sp³-hybridized carbons (Fsp3) is 0.333. The highest BCUT2D eigenvalue weighted by Crippen LogP contribution is 2.27. The number of aryl methyl sites for hydroxylation is 1. The number of nitrogens with zero attached hydrogens (tertiary/aromatic N) is 2. The summed E-state index contributed by atoms with van der Waals surface area (Å²) in [5, 5.41) is 2.95. The van der Waals surface area contributed by atoms with Crippen molar-refractivity contribution in [2.75, 3.05) is 11.4 Å². The SMILES string of the molecule is Cc1ccc(CNC(=O)C2CC(=O)N(c3cccc(Br)c3)C2)n1C. The van der Waals surface area contributed by atoms with E-state index in [4.69, 9.17) is 0 Å². The second-order valence-corrected chi connectivity index (χ2v) is 7.04. The van der Waals surface area contributed by atoms with E-state index in [1.165, 1.54) is 0 Å². The molecule has 1 saturated heterocycles. The van der Waals surface area contributed by atoms with Crippen molar-refractivity contribution in [3.05, 3.63) is 52.3 Å². The summed E-state index contributed by atoms with van der Waals surface area (Å²) in [6.45, 7) is 2.93. The van der Waals surface area contributed by atoms with E-state index in [1.807, 2.05) is 54.9 Å². The predicted octanol–water partition coefficient (Wildman–Crippen LogP) is 2.77. The van der Waals surface area contributed by atoms with Gasteiger partial charge in [-0.15, -0.1) is 0 Å². The summed E-state index contributed by atoms with van der Waals surface area (Å²) in [5.41, 5.74) is 3.02. The van der Waals surface area contributed by atoms with Gasteiger partial charge in [0.05, 0.1) is 12.5 Å². The van der Waals surface area contributed by atoms with Crippen molar-refractivity contribution >= 4 is 33.4 Å². The highest BCUT2D eigenvalue weighted by Gasteiger charge is 2.35. The summed E-state index contributed by atoms with van der Waals surface area (Å²) < 4.78 is 2.97. The lowest BCUT2D eigenvalue weighted by Crippen LogP contribution is -2.33. The minimum Gasteiger partial charge on any atom is -0.350 e. The van der Waals surface area contributed by atoms with Crippen LogP contribution in [0.3, 0.4) is 0 Å². The molecule has 1 aliphatic rings. The molecule has 1 N–H and O–H groups in total. The molecule has 1 unspecified atom stereocenters. The summed E-state index contributed by atoms with van der Waals surface area (Å²) in [4.78, 5) is 26.4. The standard InChI is InChI=1S/C18H20BrN3O2/c1-12-6-7-16(21(12)2)10-20-18(24)13-8-17(23)22(11-13)15-5-3-4-14(19)9-15/h3-7,9,13H,8,10-11H2,1-2H3,(H,20,24). The van der Waals surface area contributed by atoms with Gasteiger partial charge in [0.1, 0.15) is 0 Å². The lowest BCUT2D eigenvalue weighted by atomic mass is 10.1. The average Bonchev–Trinajstić information content (AvgIpc) is 3.09. The number of halogens is 1. The first kappa shape index (κ1) is 16.8. The van der Waals surface area contributed by atoms with Crippen molar-refractivity contribution in [3.8, 4) is 0 Å². The van der Waals surface area contributed by atoms with Crippen molar-refractivity contribution in [2.24, 2.45) is 13.0 Å². The quantitative estimate of drug-likeness (QED) is 0.873. The van der Waals surface area contributed by atoms with Crippen molar-refractivity contribution in [1.82, 2.24) is 9.88 Å². The Labute approximate surface area is 149 Å². The van der Waals surface area contributed by atoms with Crippen LogP contribution < -0.4 is 10.2 Å². The third-order valence-electron chi connectivity index (χ3n) is 4.54. The van der Waals surface area contributed by atoms with Crippen molar-refractivity contribution < 1.29 is 9.59 Å². The molecule has 1 aromatic carbocycles. The van der Waals surface area contributed by atoms with Crippen LogP contribution in [-0.4, -0.2) is 22.9 Å². The van der Waals surface area contributed by atoms with E-state index >= 15 is 0 Å². The fourth-order valence-electron chi connectivity index (χ4n) is 2.94. The second-order valence-electron chi connectivity index (χ2n) is 6.13. The largest absolute Gasteiger partial charge is 0.350 e. The van der Waals surface area contributed by atoms with Gasteiger partial charge in [-0.3, -0.25) is 9.59 Å². The zero-order valence-electron chi connectivity index (χ0n) is 13.8. The fourth-order valence-corrected chi connectivity index (χ4v) is 3.33. The maximum absolute atomic E-state index is 12.4. The minimum atomic E-state index is -0.308. The molecule has 0 bridgehead atoms. The molecule has 3 rings (SSSR count). The number of rotatable bonds is 4. The normalized spacial score (nSPS) is 17.4. The molecule has 0 spiro atoms. The van der Waals surface area contributed by atoms with Gasteiger partial charge in [-0.1, -0.05) is 22.0 Å². The molecule has 1 fully saturated rings. The van der Waals surface area contributed by atoms with Gasteiger partial charge >= 0.3 is 0 Å². The number of carbonyl (C=O) groups is 2. The Hall–Kier alpha value is -2.08. The molecule has 1 aliphatic heterocycles. The average molecular weight is 390 g/mol. The molecule has 1 aromatic heterocycles. The molecule has 24 heavy (non-hydrogen) atoms. The maximum Gasteiger partial charge on any atom is 0.227 e. The number of hydrogen-bond donors (Lipinski definition) is 1. The van der Waals surface area contributed by atoms with Crippen LogP contribution in [-0.2, 0) is 23.2 Å². The molecular weight excluding hydrogens is 370 g/mol. The van der Waals surface area contributed by atoms with E-state index in [-0.39, 0.29) is 24.2 Å². The molecule has 0 saturated carbocycles. The number of carbonyl (C=O) groups excluding carboxylic acids is 2. The van der Waals surface area contributed by atoms with Crippen LogP contribution in [0.15, 0.2) is 40.9 Å². The van der Waals surface area contributed by atoms with Gasteiger partial charge in [0.2, 0.25) is 11.8 Å². The third-order valence-corrected chi connectivity index (χ3v) is 5.03. The van der Waals surface area contributed by atoms with Gasteiger partial charge in [-0.2, -0.15) is 0 Å². The van der Waals surface area contributed by atoms with Crippen LogP contribution >= 0.6 is 15.9 Å². The van der Waals surface area contributed by atoms with Gasteiger partial charge in [0.25, 0.3) is 0 Å². The number of aromatic nitrogens is 1. The highest BCUT2D eigenvalue weighted by molar-refractivity contribution is 9.10. The Morgan fingerprint density at radius 3 is 2.79 bits per heavy atom. The highest BCUT2D eigenvalue weighted by atomic mass is 79.9. The van der Waals surface area contributed by atoms with Crippen LogP contribution in [0.25, 0.3) is 0 Å². The van der Waals surface area contributed by atoms with E-state index in [9.17, 15) is 9.59 Å². The molecular formula is C18H20BrN3O2. The predicted molar refractivity (Wildman–Crippen MR) is 96.6 cm³/mol. The van der Waals surface area contributed by atoms with Crippen molar-refractivity contribution in [2.45, 2.75) is 19.9 Å². The summed E-state index contributed by atoms with van der Waals surface area (Å²) in [5.74, 6) is -0.388. The van der Waals surface area contributed by atoms with Crippen LogP contribution in [0.5, 0.6) is 0 Å². The minimum absolute atomic E-state index is 0.0111. The van der Waals surface area contributed by atoms with Crippen LogP contribution in [0.2, 0.25) is 0 Å². The second kappa shape index (κ2) is 6.81. The monoisotopic (exact) mass is 389 g/mol. The van der Waals surface area contributed by atoms with Crippen LogP contribution in [0, 0.1) is 12.8 Å². The Kier molecular flexibility index (Phi) is 4.76. The molecule has 6 heteroatoms. The van der Waals surface area contributed by atoms with Crippen LogP contribution in [0.1, 0.15) is 17.8 Å². The molecule has 5 nitrogen and oxygen atoms in total. The number of anilines is 1. The van der Waals surface area contributed by atoms with E-state index in [2.05, 4.69) is 21.2 Å². The molecule has 0 radical (unpaired) electrons. The Bertz CT molecular complexity index is 784. The van der Waals surface area contributed by atoms with Gasteiger partial charge < -0.3 is 14.8 Å². The van der Waals surface area contributed by atoms with Crippen molar-refractivity contribution in [3.63, 3.8) is 0 Å². The molecule has 126 valence electrons. The van der Waals surface area contributed by atoms with Gasteiger partial charge in [-0.25, -0.2) is 0 Å². The number of hydrogen-bond acceptors (Lipinski definition) is 2. The van der Waals surface area contributed by atoms with Crippen molar-refractivity contribution in [1.29, 1.82) is 0 Å². The van der Waals surface area contributed by atoms with E-state index < -0.39 is 0 Å². The van der Waals surface area contributed by atoms with E-state index in [0.29, 0.717) is 13.1 Å². The third kappa shape index (κ3) is 3.38. The first-order valence-corrected chi connectivity index (χ1v) is 8.70.